The molecule has 36 heavy (non-hydrogen) atoms. The number of hydrogen-bond donors (Lipinski definition) is 1. The van der Waals surface area contributed by atoms with Crippen molar-refractivity contribution in [3.63, 3.8) is 0 Å². The van der Waals surface area contributed by atoms with Gasteiger partial charge in [0.25, 0.3) is 0 Å². The summed E-state index contributed by atoms with van der Waals surface area (Å²) in [4.78, 5) is 25.8. The quantitative estimate of drug-likeness (QED) is 0.435. The summed E-state index contributed by atoms with van der Waals surface area (Å²) < 4.78 is 1.66. The lowest BCUT2D eigenvalue weighted by molar-refractivity contribution is 0.0629. The van der Waals surface area contributed by atoms with Crippen LogP contribution in [0.4, 0.5) is 4.79 Å². The highest BCUT2D eigenvalue weighted by atomic mass is 16.2. The Kier molecular flexibility index (Phi) is 6.22. The monoisotopic (exact) mass is 483 g/mol. The van der Waals surface area contributed by atoms with Gasteiger partial charge in [0.15, 0.2) is 0 Å². The third kappa shape index (κ3) is 4.11. The largest absolute Gasteiger partial charge is 0.330 e. The Morgan fingerprint density at radius 3 is 2.47 bits per heavy atom. The van der Waals surface area contributed by atoms with Crippen molar-refractivity contribution < 1.29 is 4.79 Å². The minimum atomic E-state index is -0.234. The van der Waals surface area contributed by atoms with Gasteiger partial charge in [-0.3, -0.25) is 9.80 Å². The second-order valence-electron chi connectivity index (χ2n) is 10.1. The van der Waals surface area contributed by atoms with Crippen LogP contribution in [0.25, 0.3) is 10.9 Å². The Labute approximate surface area is 212 Å². The lowest BCUT2D eigenvalue weighted by Gasteiger charge is -2.48. The molecule has 1 N–H and O–H groups in total. The maximum absolute atomic E-state index is 13.0. The van der Waals surface area contributed by atoms with Gasteiger partial charge in [0.2, 0.25) is 5.96 Å². The molecule has 2 fully saturated rings. The maximum Gasteiger partial charge on any atom is 0.322 e. The Morgan fingerprint density at radius 1 is 1.08 bits per heavy atom. The van der Waals surface area contributed by atoms with Gasteiger partial charge in [-0.15, -0.1) is 0 Å². The number of benzene rings is 2. The number of nitrogens with one attached hydrogen (secondary N) is 1. The van der Waals surface area contributed by atoms with Crippen LogP contribution < -0.4 is 5.32 Å². The number of para-hydroxylation sites is 1. The molecule has 8 heteroatoms. The first kappa shape index (κ1) is 23.9. The van der Waals surface area contributed by atoms with Gasteiger partial charge >= 0.3 is 6.03 Å². The molecule has 1 saturated carbocycles. The predicted molar refractivity (Wildman–Crippen MR) is 144 cm³/mol. The van der Waals surface area contributed by atoms with E-state index >= 15 is 0 Å². The molecular formula is C28H33N7O. The van der Waals surface area contributed by atoms with E-state index < -0.39 is 0 Å². The number of carbonyl (C=O) groups excluding carboxylic acids is 1. The van der Waals surface area contributed by atoms with Crippen LogP contribution in [0.1, 0.15) is 38.2 Å². The molecule has 1 aromatic heterocycles. The number of carbonyl (C=O) groups is 1. The van der Waals surface area contributed by atoms with E-state index in [1.54, 1.807) is 22.0 Å². The highest BCUT2D eigenvalue weighted by Gasteiger charge is 2.50. The summed E-state index contributed by atoms with van der Waals surface area (Å²) in [5.74, 6) is 0.362. The molecule has 2 aromatic carbocycles. The molecule has 3 aromatic rings. The van der Waals surface area contributed by atoms with E-state index in [-0.39, 0.29) is 17.1 Å². The van der Waals surface area contributed by atoms with E-state index in [2.05, 4.69) is 76.4 Å². The number of rotatable bonds is 4. The van der Waals surface area contributed by atoms with Crippen LogP contribution in [0.15, 0.2) is 82.7 Å². The molecule has 2 amide bonds. The minimum Gasteiger partial charge on any atom is -0.330 e. The molecule has 1 aliphatic heterocycles. The summed E-state index contributed by atoms with van der Waals surface area (Å²) in [6.45, 7) is 6.20. The van der Waals surface area contributed by atoms with Crippen molar-refractivity contribution in [1.82, 2.24) is 24.9 Å². The molecule has 2 aliphatic rings. The van der Waals surface area contributed by atoms with Crippen LogP contribution in [0.5, 0.6) is 0 Å². The Morgan fingerprint density at radius 2 is 1.78 bits per heavy atom. The second-order valence-corrected chi connectivity index (χ2v) is 10.1. The Balaban J connectivity index is 1.34. The lowest BCUT2D eigenvalue weighted by Crippen LogP contribution is -2.53. The van der Waals surface area contributed by atoms with E-state index in [0.29, 0.717) is 12.5 Å². The number of nitrogens with zero attached hydrogens (tertiary/aromatic N) is 6. The van der Waals surface area contributed by atoms with Gasteiger partial charge in [-0.05, 0) is 65.0 Å². The van der Waals surface area contributed by atoms with Crippen molar-refractivity contribution in [1.29, 1.82) is 0 Å². The molecule has 1 saturated heterocycles. The van der Waals surface area contributed by atoms with E-state index in [1.807, 2.05) is 31.2 Å². The van der Waals surface area contributed by atoms with Gasteiger partial charge in [0.1, 0.15) is 0 Å². The molecule has 186 valence electrons. The smallest absolute Gasteiger partial charge is 0.322 e. The summed E-state index contributed by atoms with van der Waals surface area (Å²) >= 11 is 0. The van der Waals surface area contributed by atoms with Gasteiger partial charge in [-0.25, -0.2) is 14.8 Å². The topological polar surface area (TPSA) is 78.1 Å². The number of amides is 2. The number of aromatic nitrogens is 2. The first-order chi connectivity index (χ1) is 17.4. The fraction of sp³-hybridized carbons (Fsp3) is 0.357. The van der Waals surface area contributed by atoms with E-state index in [0.717, 1.165) is 42.3 Å². The lowest BCUT2D eigenvalue weighted by atomic mass is 9.69. The van der Waals surface area contributed by atoms with Crippen LogP contribution in [-0.4, -0.2) is 64.5 Å². The van der Waals surface area contributed by atoms with Crippen molar-refractivity contribution in [3.05, 3.63) is 78.3 Å². The van der Waals surface area contributed by atoms with E-state index in [1.165, 1.54) is 5.56 Å². The zero-order chi connectivity index (χ0) is 25.3. The van der Waals surface area contributed by atoms with E-state index in [4.69, 9.17) is 0 Å². The molecule has 0 radical (unpaired) electrons. The predicted octanol–water partition coefficient (Wildman–Crippen LogP) is 4.60. The van der Waals surface area contributed by atoms with Crippen molar-refractivity contribution in [2.45, 2.75) is 43.7 Å². The molecule has 1 spiro atoms. The average molecular weight is 484 g/mol. The number of aliphatic imine (C=N–C) groups is 2. The first-order valence-electron chi connectivity index (χ1n) is 12.3. The van der Waals surface area contributed by atoms with Gasteiger partial charge in [-0.1, -0.05) is 48.5 Å². The van der Waals surface area contributed by atoms with Crippen molar-refractivity contribution in [2.75, 3.05) is 20.6 Å². The number of hydrogen-bond acceptors (Lipinski definition) is 4. The molecule has 1 aliphatic carbocycles. The molecule has 0 atom stereocenters. The van der Waals surface area contributed by atoms with Crippen molar-refractivity contribution in [3.8, 4) is 0 Å². The summed E-state index contributed by atoms with van der Waals surface area (Å²) in [5.41, 5.74) is 2.75. The Hall–Kier alpha value is -3.78. The molecule has 0 bridgehead atoms. The SMILES string of the molecule is C=NC(=N/C=C(\C)N1CC2(CCC(c3ccccc3)(N(C)C)CC2)NC1=O)n1ncc2ccccc21. The summed E-state index contributed by atoms with van der Waals surface area (Å²) in [5, 5.41) is 8.71. The van der Waals surface area contributed by atoms with Gasteiger partial charge in [-0.2, -0.15) is 9.78 Å². The van der Waals surface area contributed by atoms with Gasteiger partial charge in [0.05, 0.1) is 30.0 Å². The molecule has 5 rings (SSSR count). The standard InChI is InChI=1S/C28H33N7O/c1-21(18-30-25(29-2)35-24-13-9-8-10-22(24)19-31-35)34-20-27(32-26(34)36)14-16-28(17-15-27,33(3)4)23-11-6-5-7-12-23/h5-13,18-19H,2,14-17,20H2,1,3-4H3,(H,32,36)/b21-18+,30-25?. The minimum absolute atomic E-state index is 0.0170. The molecule has 8 nitrogen and oxygen atoms in total. The van der Waals surface area contributed by atoms with Crippen LogP contribution in [0.3, 0.4) is 0 Å². The Bertz CT molecular complexity index is 1330. The van der Waals surface area contributed by atoms with Gasteiger partial charge in [0, 0.05) is 16.6 Å². The van der Waals surface area contributed by atoms with Crippen molar-refractivity contribution in [2.24, 2.45) is 9.98 Å². The summed E-state index contributed by atoms with van der Waals surface area (Å²) in [6.07, 6.45) is 7.24. The summed E-state index contributed by atoms with van der Waals surface area (Å²) in [7, 11) is 4.31. The maximum atomic E-state index is 13.0. The zero-order valence-corrected chi connectivity index (χ0v) is 21.2. The average Bonchev–Trinajstić information content (AvgIpc) is 3.46. The van der Waals surface area contributed by atoms with E-state index in [9.17, 15) is 4.79 Å². The van der Waals surface area contributed by atoms with Crippen LogP contribution in [0.2, 0.25) is 0 Å². The highest BCUT2D eigenvalue weighted by Crippen LogP contribution is 2.46. The fourth-order valence-electron chi connectivity index (χ4n) is 5.68. The molecular weight excluding hydrogens is 450 g/mol. The number of fused-ring (bicyclic) bond motifs is 1. The summed E-state index contributed by atoms with van der Waals surface area (Å²) in [6, 6.07) is 18.5. The molecule has 2 heterocycles. The van der Waals surface area contributed by atoms with Gasteiger partial charge < -0.3 is 5.32 Å². The second kappa shape index (κ2) is 9.35. The van der Waals surface area contributed by atoms with Crippen LogP contribution >= 0.6 is 0 Å². The number of urea groups is 1. The first-order valence-corrected chi connectivity index (χ1v) is 12.3. The van der Waals surface area contributed by atoms with Crippen molar-refractivity contribution >= 4 is 29.6 Å². The number of allylic oxidation sites excluding steroid dienone is 1. The highest BCUT2D eigenvalue weighted by molar-refractivity contribution is 5.94. The third-order valence-corrected chi connectivity index (χ3v) is 7.88. The van der Waals surface area contributed by atoms with Crippen LogP contribution in [0, 0.1) is 0 Å². The third-order valence-electron chi connectivity index (χ3n) is 7.88. The zero-order valence-electron chi connectivity index (χ0n) is 21.2. The van der Waals surface area contributed by atoms with Crippen LogP contribution in [-0.2, 0) is 5.54 Å². The normalized spacial score (nSPS) is 25.1. The fourth-order valence-corrected chi connectivity index (χ4v) is 5.68. The molecule has 0 unspecified atom stereocenters.